The lowest BCUT2D eigenvalue weighted by molar-refractivity contribution is -0.136. The van der Waals surface area contributed by atoms with Gasteiger partial charge in [0, 0.05) is 17.8 Å². The molecule has 14 heavy (non-hydrogen) atoms. The van der Waals surface area contributed by atoms with Crippen molar-refractivity contribution in [2.75, 3.05) is 0 Å². The summed E-state index contributed by atoms with van der Waals surface area (Å²) >= 11 is 0. The molecule has 78 valence electrons. The monoisotopic (exact) mass is 196 g/mol. The lowest BCUT2D eigenvalue weighted by atomic mass is 10.0. The van der Waals surface area contributed by atoms with Crippen molar-refractivity contribution in [1.29, 1.82) is 0 Å². The van der Waals surface area contributed by atoms with Crippen LogP contribution in [0.4, 0.5) is 0 Å². The number of carbonyl (C=O) groups is 1. The van der Waals surface area contributed by atoms with E-state index in [4.69, 9.17) is 5.11 Å². The van der Waals surface area contributed by atoms with Crippen LogP contribution in [-0.2, 0) is 17.8 Å². The van der Waals surface area contributed by atoms with Crippen LogP contribution in [0.15, 0.2) is 6.20 Å². The van der Waals surface area contributed by atoms with E-state index in [1.54, 1.807) is 6.20 Å². The number of hydrogen-bond donors (Lipinski definition) is 1. The van der Waals surface area contributed by atoms with E-state index in [1.807, 2.05) is 11.6 Å². The lowest BCUT2D eigenvalue weighted by Gasteiger charge is -2.10. The highest BCUT2D eigenvalue weighted by Crippen LogP contribution is 2.19. The fourth-order valence-electron chi connectivity index (χ4n) is 1.65. The molecule has 1 rings (SSSR count). The van der Waals surface area contributed by atoms with E-state index < -0.39 is 5.97 Å². The maximum atomic E-state index is 10.6. The van der Waals surface area contributed by atoms with Crippen molar-refractivity contribution in [3.05, 3.63) is 17.5 Å². The number of aliphatic carboxylic acids is 1. The summed E-state index contributed by atoms with van der Waals surface area (Å²) in [5.41, 5.74) is 1.87. The van der Waals surface area contributed by atoms with E-state index in [-0.39, 0.29) is 6.42 Å². The molecule has 0 fully saturated rings. The fraction of sp³-hybridized carbons (Fsp3) is 0.600. The van der Waals surface area contributed by atoms with Gasteiger partial charge in [0.25, 0.3) is 0 Å². The van der Waals surface area contributed by atoms with Crippen LogP contribution in [0.2, 0.25) is 0 Å². The van der Waals surface area contributed by atoms with E-state index >= 15 is 0 Å². The minimum Gasteiger partial charge on any atom is -0.481 e. The molecule has 0 aliphatic rings. The Kier molecular flexibility index (Phi) is 3.28. The van der Waals surface area contributed by atoms with Gasteiger partial charge in [-0.1, -0.05) is 13.8 Å². The third-order valence-corrected chi connectivity index (χ3v) is 2.15. The molecule has 4 heteroatoms. The number of aryl methyl sites for hydroxylation is 1. The molecule has 1 aromatic heterocycles. The average Bonchev–Trinajstić information content (AvgIpc) is 2.46. The molecule has 1 heterocycles. The van der Waals surface area contributed by atoms with Gasteiger partial charge in [-0.15, -0.1) is 0 Å². The Bertz CT molecular complexity index is 329. The first-order valence-electron chi connectivity index (χ1n) is 4.82. The van der Waals surface area contributed by atoms with Crippen LogP contribution in [0.1, 0.15) is 37.9 Å². The Morgan fingerprint density at radius 2 is 2.29 bits per heavy atom. The van der Waals surface area contributed by atoms with Crippen LogP contribution >= 0.6 is 0 Å². The topological polar surface area (TPSA) is 55.1 Å². The minimum absolute atomic E-state index is 0.0630. The Hall–Kier alpha value is -1.32. The van der Waals surface area contributed by atoms with Crippen molar-refractivity contribution < 1.29 is 9.90 Å². The first-order valence-corrected chi connectivity index (χ1v) is 4.82. The van der Waals surface area contributed by atoms with E-state index in [9.17, 15) is 4.79 Å². The molecule has 0 bridgehead atoms. The summed E-state index contributed by atoms with van der Waals surface area (Å²) in [6.07, 6.45) is 1.72. The van der Waals surface area contributed by atoms with Gasteiger partial charge >= 0.3 is 5.97 Å². The van der Waals surface area contributed by atoms with Crippen LogP contribution in [0, 0.1) is 0 Å². The van der Waals surface area contributed by atoms with Gasteiger partial charge in [0.05, 0.1) is 12.6 Å². The van der Waals surface area contributed by atoms with Crippen molar-refractivity contribution in [3.63, 3.8) is 0 Å². The standard InChI is InChI=1S/C10H16N2O2/c1-4-12-10(7(2)3)8(6-11-12)5-9(13)14/h6-7H,4-5H2,1-3H3,(H,13,14). The predicted molar refractivity (Wildman–Crippen MR) is 53.3 cm³/mol. The second-order valence-corrected chi connectivity index (χ2v) is 3.60. The number of nitrogens with zero attached hydrogens (tertiary/aromatic N) is 2. The molecule has 1 N–H and O–H groups in total. The molecule has 0 atom stereocenters. The largest absolute Gasteiger partial charge is 0.481 e. The van der Waals surface area contributed by atoms with E-state index in [0.29, 0.717) is 5.92 Å². The maximum Gasteiger partial charge on any atom is 0.307 e. The van der Waals surface area contributed by atoms with E-state index in [2.05, 4.69) is 18.9 Å². The maximum absolute atomic E-state index is 10.6. The van der Waals surface area contributed by atoms with Gasteiger partial charge in [-0.2, -0.15) is 5.10 Å². The summed E-state index contributed by atoms with van der Waals surface area (Å²) < 4.78 is 1.86. The van der Waals surface area contributed by atoms with Gasteiger partial charge in [-0.05, 0) is 12.8 Å². The molecular formula is C10H16N2O2. The lowest BCUT2D eigenvalue weighted by Crippen LogP contribution is -2.08. The zero-order valence-electron chi connectivity index (χ0n) is 8.82. The molecule has 4 nitrogen and oxygen atoms in total. The van der Waals surface area contributed by atoms with Gasteiger partial charge in [0.15, 0.2) is 0 Å². The van der Waals surface area contributed by atoms with E-state index in [1.165, 1.54) is 0 Å². The van der Waals surface area contributed by atoms with Gasteiger partial charge in [0.1, 0.15) is 0 Å². The normalized spacial score (nSPS) is 10.9. The van der Waals surface area contributed by atoms with Crippen LogP contribution in [0.5, 0.6) is 0 Å². The number of rotatable bonds is 4. The highest BCUT2D eigenvalue weighted by molar-refractivity contribution is 5.70. The zero-order valence-corrected chi connectivity index (χ0v) is 8.82. The SMILES string of the molecule is CCn1ncc(CC(=O)O)c1C(C)C. The van der Waals surface area contributed by atoms with E-state index in [0.717, 1.165) is 17.8 Å². The molecule has 0 aliphatic carbocycles. The van der Waals surface area contributed by atoms with Crippen molar-refractivity contribution in [2.24, 2.45) is 0 Å². The molecule has 0 aliphatic heterocycles. The summed E-state index contributed by atoms with van der Waals surface area (Å²) in [5.74, 6) is -0.491. The Balaban J connectivity index is 3.04. The molecule has 1 aromatic rings. The zero-order chi connectivity index (χ0) is 10.7. The molecule has 0 saturated carbocycles. The highest BCUT2D eigenvalue weighted by atomic mass is 16.4. The Labute approximate surface area is 83.5 Å². The molecule has 0 aromatic carbocycles. The second-order valence-electron chi connectivity index (χ2n) is 3.60. The summed E-state index contributed by atoms with van der Waals surface area (Å²) in [4.78, 5) is 10.6. The van der Waals surface area contributed by atoms with Gasteiger partial charge in [-0.3, -0.25) is 9.48 Å². The quantitative estimate of drug-likeness (QED) is 0.796. The first-order chi connectivity index (χ1) is 6.56. The average molecular weight is 196 g/mol. The van der Waals surface area contributed by atoms with Gasteiger partial charge in [-0.25, -0.2) is 0 Å². The summed E-state index contributed by atoms with van der Waals surface area (Å²) in [5, 5.41) is 12.9. The number of hydrogen-bond acceptors (Lipinski definition) is 2. The summed E-state index contributed by atoms with van der Waals surface area (Å²) in [7, 11) is 0. The number of carboxylic acid groups (broad SMARTS) is 1. The van der Waals surface area contributed by atoms with Crippen LogP contribution in [0.25, 0.3) is 0 Å². The summed E-state index contributed by atoms with van der Waals surface area (Å²) in [6, 6.07) is 0. The molecule has 0 spiro atoms. The molecule has 0 radical (unpaired) electrons. The number of carboxylic acids is 1. The number of aromatic nitrogens is 2. The van der Waals surface area contributed by atoms with Crippen LogP contribution in [-0.4, -0.2) is 20.9 Å². The van der Waals surface area contributed by atoms with Crippen molar-refractivity contribution >= 4 is 5.97 Å². The fourth-order valence-corrected chi connectivity index (χ4v) is 1.65. The minimum atomic E-state index is -0.803. The Morgan fingerprint density at radius 1 is 1.64 bits per heavy atom. The highest BCUT2D eigenvalue weighted by Gasteiger charge is 2.15. The van der Waals surface area contributed by atoms with Gasteiger partial charge in [0.2, 0.25) is 0 Å². The first kappa shape index (κ1) is 10.8. The second kappa shape index (κ2) is 4.26. The molecule has 0 amide bonds. The Morgan fingerprint density at radius 3 is 2.71 bits per heavy atom. The van der Waals surface area contributed by atoms with Crippen molar-refractivity contribution in [1.82, 2.24) is 9.78 Å². The third-order valence-electron chi connectivity index (χ3n) is 2.15. The van der Waals surface area contributed by atoms with Crippen molar-refractivity contribution in [2.45, 2.75) is 39.7 Å². The molecule has 0 unspecified atom stereocenters. The smallest absolute Gasteiger partial charge is 0.307 e. The van der Waals surface area contributed by atoms with Gasteiger partial charge < -0.3 is 5.11 Å². The predicted octanol–water partition coefficient (Wildman–Crippen LogP) is 1.65. The summed E-state index contributed by atoms with van der Waals surface area (Å²) in [6.45, 7) is 6.89. The van der Waals surface area contributed by atoms with Crippen molar-refractivity contribution in [3.8, 4) is 0 Å². The third kappa shape index (κ3) is 2.13. The molecule has 0 saturated heterocycles. The van der Waals surface area contributed by atoms with Crippen LogP contribution < -0.4 is 0 Å². The van der Waals surface area contributed by atoms with Crippen LogP contribution in [0.3, 0.4) is 0 Å². The molecular weight excluding hydrogens is 180 g/mol.